The normalized spacial score (nSPS) is 21.8. The van der Waals surface area contributed by atoms with Gasteiger partial charge >= 0.3 is 0 Å². The first-order valence-electron chi connectivity index (χ1n) is 4.50. The third kappa shape index (κ3) is 2.17. The Hall–Kier alpha value is -0.0800. The molecule has 0 heterocycles. The Labute approximate surface area is 69.1 Å². The highest BCUT2D eigenvalue weighted by molar-refractivity contribution is 4.88. The summed E-state index contributed by atoms with van der Waals surface area (Å²) in [5, 5.41) is 0. The summed E-state index contributed by atoms with van der Waals surface area (Å²) >= 11 is 0. The summed E-state index contributed by atoms with van der Waals surface area (Å²) in [5.74, 6) is 0. The first-order chi connectivity index (χ1) is 5.18. The zero-order chi connectivity index (χ0) is 8.32. The summed E-state index contributed by atoms with van der Waals surface area (Å²) in [6.45, 7) is 5.80. The van der Waals surface area contributed by atoms with Crippen molar-refractivity contribution in [3.05, 3.63) is 0 Å². The summed E-state index contributed by atoms with van der Waals surface area (Å²) in [4.78, 5) is 0. The minimum atomic E-state index is 0.346. The molecule has 0 amide bonds. The first kappa shape index (κ1) is 9.01. The van der Waals surface area contributed by atoms with E-state index in [9.17, 15) is 0 Å². The topological polar surface area (TPSA) is 35.2 Å². The second-order valence-electron chi connectivity index (χ2n) is 3.92. The van der Waals surface area contributed by atoms with Gasteiger partial charge in [-0.25, -0.2) is 0 Å². The molecule has 0 aromatic heterocycles. The van der Waals surface area contributed by atoms with E-state index in [-0.39, 0.29) is 0 Å². The molecular formula is C9H19NO. The van der Waals surface area contributed by atoms with Crippen LogP contribution in [0, 0.1) is 5.41 Å². The van der Waals surface area contributed by atoms with Crippen LogP contribution in [0.3, 0.4) is 0 Å². The van der Waals surface area contributed by atoms with Crippen molar-refractivity contribution in [3.63, 3.8) is 0 Å². The molecule has 2 heteroatoms. The molecule has 0 aromatic carbocycles. The minimum absolute atomic E-state index is 0.346. The van der Waals surface area contributed by atoms with Gasteiger partial charge in [0, 0.05) is 12.0 Å². The van der Waals surface area contributed by atoms with Gasteiger partial charge in [0.1, 0.15) is 0 Å². The van der Waals surface area contributed by atoms with Crippen LogP contribution >= 0.6 is 0 Å². The molecule has 0 aromatic rings. The monoisotopic (exact) mass is 157 g/mol. The molecule has 1 fully saturated rings. The van der Waals surface area contributed by atoms with Crippen LogP contribution in [0.1, 0.15) is 33.1 Å². The van der Waals surface area contributed by atoms with E-state index in [0.29, 0.717) is 11.5 Å². The zero-order valence-electron chi connectivity index (χ0n) is 7.60. The quantitative estimate of drug-likeness (QED) is 0.672. The Kier molecular flexibility index (Phi) is 2.90. The van der Waals surface area contributed by atoms with Gasteiger partial charge in [-0.05, 0) is 26.7 Å². The van der Waals surface area contributed by atoms with Crippen LogP contribution in [0.4, 0.5) is 0 Å². The van der Waals surface area contributed by atoms with Gasteiger partial charge in [0.2, 0.25) is 0 Å². The summed E-state index contributed by atoms with van der Waals surface area (Å²) in [5.41, 5.74) is 6.03. The number of rotatable bonds is 4. The van der Waals surface area contributed by atoms with Crippen molar-refractivity contribution in [2.45, 2.75) is 39.2 Å². The van der Waals surface area contributed by atoms with Gasteiger partial charge in [-0.1, -0.05) is 6.42 Å². The van der Waals surface area contributed by atoms with Crippen LogP contribution in [0.2, 0.25) is 0 Å². The third-order valence-corrected chi connectivity index (χ3v) is 2.57. The highest BCUT2D eigenvalue weighted by Gasteiger charge is 2.35. The molecule has 66 valence electrons. The van der Waals surface area contributed by atoms with Crippen LogP contribution in [0.25, 0.3) is 0 Å². The Morgan fingerprint density at radius 1 is 1.45 bits per heavy atom. The highest BCUT2D eigenvalue weighted by atomic mass is 16.5. The molecule has 1 rings (SSSR count). The van der Waals surface area contributed by atoms with Crippen LogP contribution < -0.4 is 5.73 Å². The lowest BCUT2D eigenvalue weighted by Gasteiger charge is -2.41. The lowest BCUT2D eigenvalue weighted by molar-refractivity contribution is -0.0270. The summed E-state index contributed by atoms with van der Waals surface area (Å²) in [7, 11) is 0. The maximum absolute atomic E-state index is 5.68. The van der Waals surface area contributed by atoms with Gasteiger partial charge in [0.25, 0.3) is 0 Å². The molecule has 0 spiro atoms. The fraction of sp³-hybridized carbons (Fsp3) is 1.00. The van der Waals surface area contributed by atoms with Crippen LogP contribution in [0.5, 0.6) is 0 Å². The maximum Gasteiger partial charge on any atom is 0.0538 e. The Bertz CT molecular complexity index is 113. The predicted molar refractivity (Wildman–Crippen MR) is 46.4 cm³/mol. The fourth-order valence-electron chi connectivity index (χ4n) is 1.43. The zero-order valence-corrected chi connectivity index (χ0v) is 7.60. The number of nitrogens with two attached hydrogens (primary N) is 1. The number of ether oxygens (including phenoxy) is 1. The van der Waals surface area contributed by atoms with Gasteiger partial charge in [-0.3, -0.25) is 0 Å². The minimum Gasteiger partial charge on any atom is -0.378 e. The van der Waals surface area contributed by atoms with E-state index < -0.39 is 0 Å². The van der Waals surface area contributed by atoms with Crippen LogP contribution in [0.15, 0.2) is 0 Å². The number of hydrogen-bond acceptors (Lipinski definition) is 2. The molecule has 0 bridgehead atoms. The third-order valence-electron chi connectivity index (χ3n) is 2.57. The molecule has 0 aliphatic heterocycles. The number of hydrogen-bond donors (Lipinski definition) is 1. The van der Waals surface area contributed by atoms with Gasteiger partial charge in [-0.15, -0.1) is 0 Å². The van der Waals surface area contributed by atoms with Gasteiger partial charge in [-0.2, -0.15) is 0 Å². The Morgan fingerprint density at radius 2 is 2.09 bits per heavy atom. The van der Waals surface area contributed by atoms with E-state index in [1.165, 1.54) is 19.3 Å². The summed E-state index contributed by atoms with van der Waals surface area (Å²) in [6.07, 6.45) is 4.20. The van der Waals surface area contributed by atoms with Crippen LogP contribution in [-0.2, 0) is 4.74 Å². The molecule has 1 aliphatic carbocycles. The SMILES string of the molecule is CC(C)OCC1(CN)CCC1. The molecule has 11 heavy (non-hydrogen) atoms. The van der Waals surface area contributed by atoms with E-state index in [4.69, 9.17) is 10.5 Å². The standard InChI is InChI=1S/C9H19NO/c1-8(2)11-7-9(6-10)4-3-5-9/h8H,3-7,10H2,1-2H3. The average Bonchev–Trinajstić information content (AvgIpc) is 1.86. The smallest absolute Gasteiger partial charge is 0.0538 e. The molecule has 0 radical (unpaired) electrons. The van der Waals surface area contributed by atoms with E-state index in [2.05, 4.69) is 13.8 Å². The molecule has 0 unspecified atom stereocenters. The molecule has 1 aliphatic rings. The van der Waals surface area contributed by atoms with Crippen molar-refractivity contribution >= 4 is 0 Å². The maximum atomic E-state index is 5.68. The van der Waals surface area contributed by atoms with Crippen molar-refractivity contribution in [2.75, 3.05) is 13.2 Å². The van der Waals surface area contributed by atoms with Crippen molar-refractivity contribution < 1.29 is 4.74 Å². The Balaban J connectivity index is 2.22. The predicted octanol–water partition coefficient (Wildman–Crippen LogP) is 1.54. The molecule has 0 atom stereocenters. The van der Waals surface area contributed by atoms with Gasteiger partial charge in [0.15, 0.2) is 0 Å². The van der Waals surface area contributed by atoms with E-state index in [1.54, 1.807) is 0 Å². The highest BCUT2D eigenvalue weighted by Crippen LogP contribution is 2.40. The lowest BCUT2D eigenvalue weighted by atomic mass is 9.69. The van der Waals surface area contributed by atoms with Gasteiger partial charge < -0.3 is 10.5 Å². The van der Waals surface area contributed by atoms with Crippen molar-refractivity contribution in [2.24, 2.45) is 11.1 Å². The van der Waals surface area contributed by atoms with E-state index in [1.807, 2.05) is 0 Å². The second kappa shape index (κ2) is 3.55. The molecule has 1 saturated carbocycles. The summed E-state index contributed by atoms with van der Waals surface area (Å²) in [6, 6.07) is 0. The largest absolute Gasteiger partial charge is 0.378 e. The van der Waals surface area contributed by atoms with Crippen molar-refractivity contribution in [1.82, 2.24) is 0 Å². The second-order valence-corrected chi connectivity index (χ2v) is 3.92. The Morgan fingerprint density at radius 3 is 2.36 bits per heavy atom. The molecule has 2 N–H and O–H groups in total. The fourth-order valence-corrected chi connectivity index (χ4v) is 1.43. The molecular weight excluding hydrogens is 138 g/mol. The molecule has 0 saturated heterocycles. The lowest BCUT2D eigenvalue weighted by Crippen LogP contribution is -2.41. The van der Waals surface area contributed by atoms with Crippen molar-refractivity contribution in [1.29, 1.82) is 0 Å². The van der Waals surface area contributed by atoms with Crippen molar-refractivity contribution in [3.8, 4) is 0 Å². The average molecular weight is 157 g/mol. The molecule has 2 nitrogen and oxygen atoms in total. The van der Waals surface area contributed by atoms with Crippen LogP contribution in [-0.4, -0.2) is 19.3 Å². The van der Waals surface area contributed by atoms with E-state index >= 15 is 0 Å². The van der Waals surface area contributed by atoms with E-state index in [0.717, 1.165) is 13.2 Å². The summed E-state index contributed by atoms with van der Waals surface area (Å²) < 4.78 is 5.56. The van der Waals surface area contributed by atoms with Gasteiger partial charge in [0.05, 0.1) is 12.7 Å². The first-order valence-corrected chi connectivity index (χ1v) is 4.50.